The highest BCUT2D eigenvalue weighted by molar-refractivity contribution is 7.99. The zero-order chi connectivity index (χ0) is 20.0. The van der Waals surface area contributed by atoms with Crippen LogP contribution < -0.4 is 5.32 Å². The summed E-state index contributed by atoms with van der Waals surface area (Å²) in [6, 6.07) is 8.45. The number of aryl methyl sites for hydroxylation is 1. The quantitative estimate of drug-likeness (QED) is 0.683. The van der Waals surface area contributed by atoms with E-state index in [0.717, 1.165) is 29.1 Å². The Labute approximate surface area is 176 Å². The third kappa shape index (κ3) is 3.83. The third-order valence-corrected chi connectivity index (χ3v) is 8.35. The third-order valence-electron chi connectivity index (χ3n) is 7.50. The van der Waals surface area contributed by atoms with E-state index in [1.54, 1.807) is 0 Å². The van der Waals surface area contributed by atoms with Crippen LogP contribution in [0, 0.1) is 30.1 Å². The molecule has 4 bridgehead atoms. The van der Waals surface area contributed by atoms with Crippen LogP contribution in [0.5, 0.6) is 0 Å². The van der Waals surface area contributed by atoms with Crippen molar-refractivity contribution in [1.82, 2.24) is 20.5 Å². The first kappa shape index (κ1) is 19.2. The fourth-order valence-corrected chi connectivity index (χ4v) is 7.04. The summed E-state index contributed by atoms with van der Waals surface area (Å²) in [6.07, 6.45) is 8.25. The number of hydrogen-bond acceptors (Lipinski definition) is 4. The molecular formula is C23H30N4OS. The molecule has 0 spiro atoms. The summed E-state index contributed by atoms with van der Waals surface area (Å²) in [5, 5.41) is 11.2. The predicted molar refractivity (Wildman–Crippen MR) is 115 cm³/mol. The first-order chi connectivity index (χ1) is 14.0. The zero-order valence-electron chi connectivity index (χ0n) is 17.3. The van der Waals surface area contributed by atoms with Gasteiger partial charge in [-0.3, -0.25) is 9.89 Å². The maximum atomic E-state index is 12.6. The maximum absolute atomic E-state index is 12.6. The molecule has 5 nitrogen and oxygen atoms in total. The van der Waals surface area contributed by atoms with E-state index < -0.39 is 0 Å². The number of carbonyl (C=O) groups excluding carboxylic acids is 1. The van der Waals surface area contributed by atoms with Gasteiger partial charge >= 0.3 is 0 Å². The van der Waals surface area contributed by atoms with Gasteiger partial charge in [0.25, 0.3) is 0 Å². The van der Waals surface area contributed by atoms with Gasteiger partial charge in [-0.15, -0.1) is 5.10 Å². The number of aromatic amines is 1. The molecule has 1 heterocycles. The van der Waals surface area contributed by atoms with Gasteiger partial charge in [-0.05, 0) is 75.5 Å². The Balaban J connectivity index is 1.16. The normalized spacial score (nSPS) is 31.0. The second-order valence-corrected chi connectivity index (χ2v) is 10.6. The number of rotatable bonds is 6. The van der Waals surface area contributed by atoms with E-state index in [2.05, 4.69) is 46.5 Å². The van der Waals surface area contributed by atoms with Crippen molar-refractivity contribution in [3.63, 3.8) is 0 Å². The minimum absolute atomic E-state index is 0.0972. The van der Waals surface area contributed by atoms with Crippen molar-refractivity contribution in [2.45, 2.75) is 63.6 Å². The van der Waals surface area contributed by atoms with Crippen LogP contribution in [0.4, 0.5) is 0 Å². The summed E-state index contributed by atoms with van der Waals surface area (Å²) in [6.45, 7) is 4.30. The van der Waals surface area contributed by atoms with Crippen LogP contribution in [-0.4, -0.2) is 32.9 Å². The molecule has 2 N–H and O–H groups in total. The number of carbonyl (C=O) groups is 1. The molecule has 0 saturated heterocycles. The highest BCUT2D eigenvalue weighted by atomic mass is 32.2. The maximum Gasteiger partial charge on any atom is 0.230 e. The Bertz CT molecular complexity index is 855. The van der Waals surface area contributed by atoms with Gasteiger partial charge in [-0.1, -0.05) is 41.6 Å². The van der Waals surface area contributed by atoms with Crippen LogP contribution in [0.1, 0.15) is 51.0 Å². The Morgan fingerprint density at radius 1 is 1.17 bits per heavy atom. The number of benzene rings is 1. The van der Waals surface area contributed by atoms with Gasteiger partial charge in [0.1, 0.15) is 0 Å². The number of hydrogen-bond donors (Lipinski definition) is 2. The van der Waals surface area contributed by atoms with Crippen molar-refractivity contribution in [1.29, 1.82) is 0 Å². The lowest BCUT2D eigenvalue weighted by molar-refractivity contribution is -0.123. The summed E-state index contributed by atoms with van der Waals surface area (Å²) in [5.41, 5.74) is 2.57. The number of thioether (sulfide) groups is 1. The van der Waals surface area contributed by atoms with Crippen molar-refractivity contribution in [3.8, 4) is 11.4 Å². The summed E-state index contributed by atoms with van der Waals surface area (Å²) in [7, 11) is 0. The Hall–Kier alpha value is -1.82. The van der Waals surface area contributed by atoms with E-state index in [1.807, 2.05) is 12.1 Å². The van der Waals surface area contributed by atoms with Gasteiger partial charge in [-0.25, -0.2) is 4.98 Å². The molecule has 6 rings (SSSR count). The second kappa shape index (κ2) is 7.46. The summed E-state index contributed by atoms with van der Waals surface area (Å²) >= 11 is 1.40. The lowest BCUT2D eigenvalue weighted by Crippen LogP contribution is -2.56. The second-order valence-electron chi connectivity index (χ2n) is 9.69. The van der Waals surface area contributed by atoms with Crippen LogP contribution in [0.15, 0.2) is 29.4 Å². The predicted octanol–water partition coefficient (Wildman–Crippen LogP) is 4.59. The molecule has 6 heteroatoms. The monoisotopic (exact) mass is 410 g/mol. The Morgan fingerprint density at radius 2 is 1.79 bits per heavy atom. The first-order valence-electron chi connectivity index (χ1n) is 10.9. The fourth-order valence-electron chi connectivity index (χ4n) is 6.43. The molecular weight excluding hydrogens is 380 g/mol. The zero-order valence-corrected chi connectivity index (χ0v) is 18.1. The lowest BCUT2D eigenvalue weighted by Gasteiger charge is -2.59. The summed E-state index contributed by atoms with van der Waals surface area (Å²) in [4.78, 5) is 17.2. The van der Waals surface area contributed by atoms with Gasteiger partial charge in [0, 0.05) is 11.6 Å². The van der Waals surface area contributed by atoms with E-state index >= 15 is 0 Å². The molecule has 4 aliphatic carbocycles. The van der Waals surface area contributed by atoms with Gasteiger partial charge in [0.15, 0.2) is 5.82 Å². The smallest absolute Gasteiger partial charge is 0.230 e. The highest BCUT2D eigenvalue weighted by Gasteiger charge is 2.53. The van der Waals surface area contributed by atoms with Crippen LogP contribution in [0.3, 0.4) is 0 Å². The molecule has 0 radical (unpaired) electrons. The largest absolute Gasteiger partial charge is 0.352 e. The SMILES string of the molecule is Cc1ccc(-c2nc(SCC(=O)N[C@@H](C)C34CC5CC(CC(C5)C3)C4)n[nH]2)cc1. The standard InChI is InChI=1S/C23H30N4OS/c1-14-3-5-19(6-4-14)21-25-22(27-26-21)29-13-20(28)24-15(2)23-10-16-7-17(11-23)9-18(8-16)12-23/h3-6,15-18H,7-13H2,1-2H3,(H,24,28)(H,25,26,27)/t15-,16?,17?,18?,23?/m0/s1. The molecule has 29 heavy (non-hydrogen) atoms. The van der Waals surface area contributed by atoms with Crippen molar-refractivity contribution in [3.05, 3.63) is 29.8 Å². The van der Waals surface area contributed by atoms with Crippen LogP contribution in [-0.2, 0) is 4.79 Å². The summed E-state index contributed by atoms with van der Waals surface area (Å²) < 4.78 is 0. The minimum atomic E-state index is 0.0972. The topological polar surface area (TPSA) is 70.7 Å². The number of amides is 1. The van der Waals surface area contributed by atoms with Gasteiger partial charge in [-0.2, -0.15) is 0 Å². The van der Waals surface area contributed by atoms with Crippen molar-refractivity contribution >= 4 is 17.7 Å². The molecule has 4 saturated carbocycles. The Morgan fingerprint density at radius 3 is 2.41 bits per heavy atom. The summed E-state index contributed by atoms with van der Waals surface area (Å²) in [5.74, 6) is 3.92. The lowest BCUT2D eigenvalue weighted by atomic mass is 9.48. The molecule has 1 amide bonds. The van der Waals surface area contributed by atoms with E-state index in [0.29, 0.717) is 16.3 Å². The van der Waals surface area contributed by atoms with E-state index in [4.69, 9.17) is 0 Å². The van der Waals surface area contributed by atoms with Gasteiger partial charge in [0.05, 0.1) is 5.75 Å². The molecule has 0 unspecified atom stereocenters. The van der Waals surface area contributed by atoms with Gasteiger partial charge < -0.3 is 5.32 Å². The highest BCUT2D eigenvalue weighted by Crippen LogP contribution is 2.61. The van der Waals surface area contributed by atoms with Crippen molar-refractivity contribution < 1.29 is 4.79 Å². The number of nitrogens with zero attached hydrogens (tertiary/aromatic N) is 2. The number of aromatic nitrogens is 3. The van der Waals surface area contributed by atoms with Crippen LogP contribution in [0.2, 0.25) is 0 Å². The fraction of sp³-hybridized carbons (Fsp3) is 0.609. The molecule has 1 aromatic carbocycles. The molecule has 1 atom stereocenters. The van der Waals surface area contributed by atoms with Crippen molar-refractivity contribution in [2.24, 2.45) is 23.2 Å². The molecule has 2 aromatic rings. The van der Waals surface area contributed by atoms with Crippen LogP contribution >= 0.6 is 11.8 Å². The molecule has 154 valence electrons. The average Bonchev–Trinajstić information content (AvgIpc) is 3.15. The molecule has 1 aromatic heterocycles. The molecule has 4 aliphatic rings. The Kier molecular flexibility index (Phi) is 4.93. The van der Waals surface area contributed by atoms with E-state index in [-0.39, 0.29) is 11.9 Å². The van der Waals surface area contributed by atoms with E-state index in [1.165, 1.54) is 55.9 Å². The van der Waals surface area contributed by atoms with Crippen molar-refractivity contribution in [2.75, 3.05) is 5.75 Å². The average molecular weight is 411 g/mol. The van der Waals surface area contributed by atoms with Crippen LogP contribution in [0.25, 0.3) is 11.4 Å². The van der Waals surface area contributed by atoms with Gasteiger partial charge in [0.2, 0.25) is 11.1 Å². The number of H-pyrrole nitrogens is 1. The molecule has 4 fully saturated rings. The minimum Gasteiger partial charge on any atom is -0.352 e. The molecule has 0 aliphatic heterocycles. The van der Waals surface area contributed by atoms with E-state index in [9.17, 15) is 4.79 Å². The number of nitrogens with one attached hydrogen (secondary N) is 2. The first-order valence-corrected chi connectivity index (χ1v) is 11.9.